The Morgan fingerprint density at radius 1 is 1.38 bits per heavy atom. The van der Waals surface area contributed by atoms with E-state index >= 15 is 0 Å². The van der Waals surface area contributed by atoms with E-state index in [1.807, 2.05) is 0 Å². The molecule has 0 radical (unpaired) electrons. The fourth-order valence-electron chi connectivity index (χ4n) is 3.25. The smallest absolute Gasteiger partial charge is 0.463 e. The van der Waals surface area contributed by atoms with Crippen LogP contribution in [0, 0.1) is 12.8 Å². The van der Waals surface area contributed by atoms with Crippen LogP contribution in [0.25, 0.3) is 0 Å². The zero-order valence-electron chi connectivity index (χ0n) is 13.6. The standard InChI is InChI=1S/C13H16F3N3O5S2/c1-9-2-4-17-11(18-9)24-6-10-3-5-25(20,21)12(10)7-19(8-12)26(22,23)13(14,15)16/h2,4,10H,3,5-8H2,1H3/t10-/m1/s1. The van der Waals surface area contributed by atoms with Gasteiger partial charge in [-0.05, 0) is 19.4 Å². The van der Waals surface area contributed by atoms with Crippen LogP contribution >= 0.6 is 0 Å². The molecule has 0 aromatic carbocycles. The first-order valence-corrected chi connectivity index (χ1v) is 10.7. The Morgan fingerprint density at radius 2 is 2.04 bits per heavy atom. The SMILES string of the molecule is Cc1ccnc(OC[C@H]2CCS(=O)(=O)C23CN(S(=O)(=O)C(F)(F)F)C3)n1. The lowest BCUT2D eigenvalue weighted by molar-refractivity contribution is -0.0527. The number of rotatable bonds is 4. The van der Waals surface area contributed by atoms with Crippen molar-refractivity contribution in [3.8, 4) is 6.01 Å². The minimum atomic E-state index is -5.55. The molecule has 0 bridgehead atoms. The molecule has 3 heterocycles. The number of hydrogen-bond acceptors (Lipinski definition) is 7. The predicted octanol–water partition coefficient (Wildman–Crippen LogP) is 0.503. The first kappa shape index (κ1) is 19.3. The highest BCUT2D eigenvalue weighted by molar-refractivity contribution is 7.93. The highest BCUT2D eigenvalue weighted by Crippen LogP contribution is 2.47. The number of nitrogens with zero attached hydrogens (tertiary/aromatic N) is 3. The Kier molecular flexibility index (Phi) is 4.47. The van der Waals surface area contributed by atoms with Crippen LogP contribution in [-0.4, -0.2) is 66.8 Å². The number of hydrogen-bond donors (Lipinski definition) is 0. The largest absolute Gasteiger partial charge is 0.511 e. The molecule has 146 valence electrons. The lowest BCUT2D eigenvalue weighted by atomic mass is 9.85. The van der Waals surface area contributed by atoms with Gasteiger partial charge in [0.15, 0.2) is 9.84 Å². The van der Waals surface area contributed by atoms with E-state index in [-0.39, 0.29) is 29.1 Å². The molecule has 0 saturated carbocycles. The molecule has 26 heavy (non-hydrogen) atoms. The van der Waals surface area contributed by atoms with Gasteiger partial charge >= 0.3 is 21.5 Å². The molecule has 0 N–H and O–H groups in total. The van der Waals surface area contributed by atoms with Crippen molar-refractivity contribution in [2.24, 2.45) is 5.92 Å². The third kappa shape index (κ3) is 2.95. The molecule has 0 unspecified atom stereocenters. The van der Waals surface area contributed by atoms with Crippen molar-refractivity contribution in [2.75, 3.05) is 25.4 Å². The zero-order valence-corrected chi connectivity index (χ0v) is 15.2. The van der Waals surface area contributed by atoms with Gasteiger partial charge in [-0.15, -0.1) is 0 Å². The number of halogens is 3. The molecule has 1 atom stereocenters. The third-order valence-corrected chi connectivity index (χ3v) is 8.93. The molecule has 2 aliphatic rings. The molecule has 1 spiro atoms. The van der Waals surface area contributed by atoms with Crippen molar-refractivity contribution in [2.45, 2.75) is 23.6 Å². The highest BCUT2D eigenvalue weighted by Gasteiger charge is 2.67. The van der Waals surface area contributed by atoms with E-state index in [0.717, 1.165) is 0 Å². The summed E-state index contributed by atoms with van der Waals surface area (Å²) in [5.41, 5.74) is -4.83. The Bertz CT molecular complexity index is 911. The summed E-state index contributed by atoms with van der Waals surface area (Å²) in [6.07, 6.45) is 1.63. The number of sulfonamides is 1. The van der Waals surface area contributed by atoms with Gasteiger partial charge in [0.1, 0.15) is 4.75 Å². The molecule has 2 aliphatic heterocycles. The molecule has 8 nitrogen and oxygen atoms in total. The number of aryl methyl sites for hydroxylation is 1. The molecule has 2 saturated heterocycles. The van der Waals surface area contributed by atoms with Crippen molar-refractivity contribution < 1.29 is 34.7 Å². The minimum absolute atomic E-state index is 0.0311. The zero-order chi connectivity index (χ0) is 19.4. The fraction of sp³-hybridized carbons (Fsp3) is 0.692. The summed E-state index contributed by atoms with van der Waals surface area (Å²) in [4.78, 5) is 7.89. The normalized spacial score (nSPS) is 25.2. The molecule has 2 fully saturated rings. The molecular weight excluding hydrogens is 399 g/mol. The van der Waals surface area contributed by atoms with Gasteiger partial charge < -0.3 is 4.74 Å². The number of ether oxygens (including phenoxy) is 1. The van der Waals surface area contributed by atoms with Crippen LogP contribution in [0.2, 0.25) is 0 Å². The maximum atomic E-state index is 12.7. The van der Waals surface area contributed by atoms with Gasteiger partial charge in [-0.25, -0.2) is 26.8 Å². The topological polar surface area (TPSA) is 107 Å². The molecule has 1 aromatic rings. The van der Waals surface area contributed by atoms with Crippen molar-refractivity contribution in [1.29, 1.82) is 0 Å². The average Bonchev–Trinajstić information content (AvgIpc) is 2.73. The quantitative estimate of drug-likeness (QED) is 0.705. The summed E-state index contributed by atoms with van der Waals surface area (Å²) in [6, 6.07) is 1.67. The Labute approximate surface area is 148 Å². The molecule has 3 rings (SSSR count). The van der Waals surface area contributed by atoms with Crippen LogP contribution in [0.3, 0.4) is 0 Å². The maximum Gasteiger partial charge on any atom is 0.511 e. The van der Waals surface area contributed by atoms with E-state index in [0.29, 0.717) is 5.69 Å². The van der Waals surface area contributed by atoms with Gasteiger partial charge in [-0.3, -0.25) is 0 Å². The number of sulfone groups is 1. The van der Waals surface area contributed by atoms with Gasteiger partial charge in [0.25, 0.3) is 0 Å². The van der Waals surface area contributed by atoms with Gasteiger partial charge in [-0.2, -0.15) is 17.5 Å². The van der Waals surface area contributed by atoms with Gasteiger partial charge in [0, 0.05) is 30.9 Å². The molecule has 1 aromatic heterocycles. The van der Waals surface area contributed by atoms with Crippen molar-refractivity contribution >= 4 is 19.9 Å². The van der Waals surface area contributed by atoms with E-state index in [2.05, 4.69) is 9.97 Å². The second-order valence-electron chi connectivity index (χ2n) is 6.38. The number of aromatic nitrogens is 2. The van der Waals surface area contributed by atoms with Crippen molar-refractivity contribution in [3.63, 3.8) is 0 Å². The monoisotopic (exact) mass is 415 g/mol. The minimum Gasteiger partial charge on any atom is -0.463 e. The second-order valence-corrected chi connectivity index (χ2v) is 10.8. The molecule has 0 aliphatic carbocycles. The van der Waals surface area contributed by atoms with E-state index in [1.54, 1.807) is 13.0 Å². The Morgan fingerprint density at radius 3 is 2.62 bits per heavy atom. The summed E-state index contributed by atoms with van der Waals surface area (Å²) in [7, 11) is -9.29. The van der Waals surface area contributed by atoms with E-state index in [4.69, 9.17) is 4.74 Å². The highest BCUT2D eigenvalue weighted by atomic mass is 32.2. The first-order valence-electron chi connectivity index (χ1n) is 7.60. The van der Waals surface area contributed by atoms with Crippen LogP contribution < -0.4 is 4.74 Å². The third-order valence-electron chi connectivity index (χ3n) is 4.81. The van der Waals surface area contributed by atoms with E-state index in [1.165, 1.54) is 6.20 Å². The summed E-state index contributed by atoms with van der Waals surface area (Å²) in [6.45, 7) is 0.143. The van der Waals surface area contributed by atoms with Crippen molar-refractivity contribution in [1.82, 2.24) is 14.3 Å². The summed E-state index contributed by atoms with van der Waals surface area (Å²) >= 11 is 0. The van der Waals surface area contributed by atoms with Crippen LogP contribution in [-0.2, 0) is 19.9 Å². The second kappa shape index (κ2) is 6.02. The number of alkyl halides is 3. The van der Waals surface area contributed by atoms with Crippen LogP contribution in [0.15, 0.2) is 12.3 Å². The van der Waals surface area contributed by atoms with Crippen LogP contribution in [0.5, 0.6) is 6.01 Å². The van der Waals surface area contributed by atoms with Crippen LogP contribution in [0.1, 0.15) is 12.1 Å². The molecular formula is C13H16F3N3O5S2. The fourth-order valence-corrected chi connectivity index (χ4v) is 6.90. The summed E-state index contributed by atoms with van der Waals surface area (Å²) < 4.78 is 89.7. The van der Waals surface area contributed by atoms with Gasteiger partial charge in [0.05, 0.1) is 12.4 Å². The van der Waals surface area contributed by atoms with E-state index < -0.39 is 49.1 Å². The Hall–Kier alpha value is -1.47. The first-order chi connectivity index (χ1) is 11.9. The average molecular weight is 415 g/mol. The van der Waals surface area contributed by atoms with E-state index in [9.17, 15) is 30.0 Å². The predicted molar refractivity (Wildman–Crippen MR) is 83.4 cm³/mol. The lowest BCUT2D eigenvalue weighted by Gasteiger charge is -2.48. The molecule has 13 heteroatoms. The van der Waals surface area contributed by atoms with Crippen LogP contribution in [0.4, 0.5) is 13.2 Å². The van der Waals surface area contributed by atoms with Gasteiger partial charge in [-0.1, -0.05) is 0 Å². The molecule has 0 amide bonds. The summed E-state index contributed by atoms with van der Waals surface area (Å²) in [5.74, 6) is -0.869. The summed E-state index contributed by atoms with van der Waals surface area (Å²) in [5, 5.41) is 0. The Balaban J connectivity index is 1.77. The van der Waals surface area contributed by atoms with Crippen molar-refractivity contribution in [3.05, 3.63) is 18.0 Å². The maximum absolute atomic E-state index is 12.7. The van der Waals surface area contributed by atoms with Gasteiger partial charge in [0.2, 0.25) is 0 Å². The lowest BCUT2D eigenvalue weighted by Crippen LogP contribution is -2.70.